The van der Waals surface area contributed by atoms with Gasteiger partial charge in [0.2, 0.25) is 10.0 Å². The van der Waals surface area contributed by atoms with Gasteiger partial charge in [-0.3, -0.25) is 4.79 Å². The zero-order valence-electron chi connectivity index (χ0n) is 24.0. The molecule has 42 heavy (non-hydrogen) atoms. The maximum Gasteiger partial charge on any atom is 0.323 e. The smallest absolute Gasteiger partial charge is 0.323 e. The highest BCUT2D eigenvalue weighted by molar-refractivity contribution is 7.89. The van der Waals surface area contributed by atoms with Gasteiger partial charge in [-0.15, -0.1) is 0 Å². The largest absolute Gasteiger partial charge is 0.497 e. The van der Waals surface area contributed by atoms with E-state index in [-0.39, 0.29) is 53.4 Å². The number of sulfonamides is 1. The lowest BCUT2D eigenvalue weighted by Crippen LogP contribution is -2.50. The molecule has 12 heteroatoms. The molecule has 0 unspecified atom stereocenters. The quantitative estimate of drug-likeness (QED) is 0.341. The first-order valence-corrected chi connectivity index (χ1v) is 14.9. The van der Waals surface area contributed by atoms with Crippen molar-refractivity contribution in [1.29, 1.82) is 0 Å². The first-order valence-electron chi connectivity index (χ1n) is 13.5. The van der Waals surface area contributed by atoms with Crippen molar-refractivity contribution in [2.24, 2.45) is 5.92 Å². The van der Waals surface area contributed by atoms with Gasteiger partial charge in [-0.25, -0.2) is 13.2 Å². The summed E-state index contributed by atoms with van der Waals surface area (Å²) >= 11 is 0. The number of fused-ring (bicyclic) bond motifs is 1. The van der Waals surface area contributed by atoms with E-state index in [1.807, 2.05) is 13.0 Å². The van der Waals surface area contributed by atoms with E-state index < -0.39 is 28.2 Å². The lowest BCUT2D eigenvalue weighted by molar-refractivity contribution is 0.0389. The number of anilines is 2. The Bertz CT molecular complexity index is 1500. The Balaban J connectivity index is 1.68. The molecule has 0 saturated carbocycles. The second kappa shape index (κ2) is 13.2. The van der Waals surface area contributed by atoms with Gasteiger partial charge in [0, 0.05) is 25.2 Å². The van der Waals surface area contributed by atoms with Gasteiger partial charge in [0.05, 0.1) is 42.4 Å². The Morgan fingerprint density at radius 3 is 2.43 bits per heavy atom. The Hall–Kier alpha value is -4.13. The van der Waals surface area contributed by atoms with Gasteiger partial charge in [-0.1, -0.05) is 31.2 Å². The number of amides is 3. The molecule has 0 bridgehead atoms. The van der Waals surface area contributed by atoms with E-state index in [4.69, 9.17) is 9.47 Å². The number of nitrogens with zero attached hydrogens (tertiary/aromatic N) is 2. The van der Waals surface area contributed by atoms with Gasteiger partial charge in [0.1, 0.15) is 11.9 Å². The molecule has 11 nitrogen and oxygen atoms in total. The molecule has 1 aliphatic heterocycles. The zero-order chi connectivity index (χ0) is 30.4. The van der Waals surface area contributed by atoms with Crippen molar-refractivity contribution in [2.75, 3.05) is 44.5 Å². The number of hydrogen-bond donors (Lipinski definition) is 3. The first-order chi connectivity index (χ1) is 20.0. The molecular formula is C30H36N4O7S. The van der Waals surface area contributed by atoms with Gasteiger partial charge >= 0.3 is 6.03 Å². The van der Waals surface area contributed by atoms with Crippen LogP contribution in [0.2, 0.25) is 0 Å². The third-order valence-electron chi connectivity index (χ3n) is 7.18. The Morgan fingerprint density at radius 1 is 1.10 bits per heavy atom. The molecule has 3 atom stereocenters. The molecule has 3 aromatic carbocycles. The van der Waals surface area contributed by atoms with Crippen LogP contribution in [-0.4, -0.2) is 80.7 Å². The summed E-state index contributed by atoms with van der Waals surface area (Å²) in [6, 6.07) is 18.7. The third kappa shape index (κ3) is 6.84. The third-order valence-corrected chi connectivity index (χ3v) is 9.01. The number of ether oxygens (including phenoxy) is 2. The van der Waals surface area contributed by atoms with Crippen molar-refractivity contribution in [1.82, 2.24) is 9.21 Å². The molecule has 224 valence electrons. The second-order valence-electron chi connectivity index (χ2n) is 10.2. The topological polar surface area (TPSA) is 138 Å². The number of aliphatic hydroxyl groups excluding tert-OH is 1. The summed E-state index contributed by atoms with van der Waals surface area (Å²) in [6.07, 6.45) is -0.719. The van der Waals surface area contributed by atoms with Crippen LogP contribution in [0.5, 0.6) is 11.5 Å². The Morgan fingerprint density at radius 2 is 1.79 bits per heavy atom. The summed E-state index contributed by atoms with van der Waals surface area (Å²) in [5.41, 5.74) is 1.00. The van der Waals surface area contributed by atoms with Crippen molar-refractivity contribution in [3.8, 4) is 11.5 Å². The molecular weight excluding hydrogens is 560 g/mol. The summed E-state index contributed by atoms with van der Waals surface area (Å²) < 4.78 is 39.6. The van der Waals surface area contributed by atoms with Crippen LogP contribution in [-0.2, 0) is 10.0 Å². The minimum atomic E-state index is -3.90. The number of methoxy groups -OCH3 is 1. The van der Waals surface area contributed by atoms with Crippen LogP contribution < -0.4 is 20.1 Å². The fraction of sp³-hybridized carbons (Fsp3) is 0.333. The Labute approximate surface area is 246 Å². The maximum absolute atomic E-state index is 13.7. The summed E-state index contributed by atoms with van der Waals surface area (Å²) in [5, 5.41) is 15.4. The van der Waals surface area contributed by atoms with Crippen molar-refractivity contribution >= 4 is 33.3 Å². The van der Waals surface area contributed by atoms with E-state index in [2.05, 4.69) is 10.6 Å². The zero-order valence-corrected chi connectivity index (χ0v) is 24.8. The normalized spacial score (nSPS) is 17.9. The summed E-state index contributed by atoms with van der Waals surface area (Å²) in [7, 11) is -0.931. The summed E-state index contributed by atoms with van der Waals surface area (Å²) in [6.45, 7) is 3.49. The minimum absolute atomic E-state index is 0.0466. The molecule has 0 spiro atoms. The standard InChI is InChI=1S/C30H36N4O7S/c1-20-17-34(21(2)19-35)29(36)25-11-8-12-26(32-30(37)31-22-9-6-5-7-10-22)28(25)41-27(20)18-33(3)42(38,39)24-15-13-23(40-4)14-16-24/h5-16,20-21,27,35H,17-19H2,1-4H3,(H2,31,32,37)/t20-,21-,27-/m1/s1. The number of likely N-dealkylation sites (N-methyl/N-ethyl adjacent to an activating group) is 1. The van der Waals surface area contributed by atoms with E-state index in [1.54, 1.807) is 66.4 Å². The highest BCUT2D eigenvalue weighted by Gasteiger charge is 2.36. The molecule has 3 amide bonds. The number of para-hydroxylation sites is 2. The average Bonchev–Trinajstić information content (AvgIpc) is 2.99. The number of carbonyl (C=O) groups is 2. The van der Waals surface area contributed by atoms with E-state index in [9.17, 15) is 23.1 Å². The van der Waals surface area contributed by atoms with Gasteiger partial charge < -0.3 is 30.1 Å². The van der Waals surface area contributed by atoms with Crippen LogP contribution in [0.4, 0.5) is 16.2 Å². The van der Waals surface area contributed by atoms with Crippen LogP contribution in [0.3, 0.4) is 0 Å². The minimum Gasteiger partial charge on any atom is -0.497 e. The molecule has 1 heterocycles. The summed E-state index contributed by atoms with van der Waals surface area (Å²) in [4.78, 5) is 28.2. The molecule has 3 N–H and O–H groups in total. The molecule has 4 rings (SSSR count). The van der Waals surface area contributed by atoms with Gasteiger partial charge in [0.25, 0.3) is 5.91 Å². The average molecular weight is 597 g/mol. The monoisotopic (exact) mass is 596 g/mol. The highest BCUT2D eigenvalue weighted by Crippen LogP contribution is 2.35. The highest BCUT2D eigenvalue weighted by atomic mass is 32.2. The van der Waals surface area contributed by atoms with Crippen molar-refractivity contribution < 1.29 is 32.6 Å². The van der Waals surface area contributed by atoms with Crippen LogP contribution in [0, 0.1) is 5.92 Å². The molecule has 0 aliphatic carbocycles. The lowest BCUT2D eigenvalue weighted by atomic mass is 9.99. The van der Waals surface area contributed by atoms with Crippen LogP contribution in [0.1, 0.15) is 24.2 Å². The van der Waals surface area contributed by atoms with Crippen LogP contribution in [0.15, 0.2) is 77.7 Å². The number of hydrogen-bond acceptors (Lipinski definition) is 7. The second-order valence-corrected chi connectivity index (χ2v) is 12.3. The maximum atomic E-state index is 13.7. The number of benzene rings is 3. The molecule has 0 radical (unpaired) electrons. The number of nitrogens with one attached hydrogen (secondary N) is 2. The number of carbonyl (C=O) groups excluding carboxylic acids is 2. The van der Waals surface area contributed by atoms with Gasteiger partial charge in [0.15, 0.2) is 5.75 Å². The van der Waals surface area contributed by atoms with E-state index in [1.165, 1.54) is 30.6 Å². The predicted molar refractivity (Wildman–Crippen MR) is 159 cm³/mol. The number of rotatable bonds is 9. The van der Waals surface area contributed by atoms with E-state index in [0.29, 0.717) is 11.4 Å². The first kappa shape index (κ1) is 30.8. The fourth-order valence-corrected chi connectivity index (χ4v) is 5.83. The van der Waals surface area contributed by atoms with Crippen molar-refractivity contribution in [2.45, 2.75) is 30.9 Å². The Kier molecular flexibility index (Phi) is 9.71. The molecule has 0 saturated heterocycles. The van der Waals surface area contributed by atoms with Crippen LogP contribution >= 0.6 is 0 Å². The fourth-order valence-electron chi connectivity index (χ4n) is 4.65. The molecule has 3 aromatic rings. The molecule has 0 aromatic heterocycles. The van der Waals surface area contributed by atoms with Gasteiger partial charge in [-0.05, 0) is 55.5 Å². The van der Waals surface area contributed by atoms with Crippen molar-refractivity contribution in [3.63, 3.8) is 0 Å². The summed E-state index contributed by atoms with van der Waals surface area (Å²) in [5.74, 6) is -0.0732. The predicted octanol–water partition coefficient (Wildman–Crippen LogP) is 3.88. The molecule has 0 fully saturated rings. The van der Waals surface area contributed by atoms with E-state index >= 15 is 0 Å². The SMILES string of the molecule is COc1ccc(S(=O)(=O)N(C)C[C@H]2Oc3c(NC(=O)Nc4ccccc4)cccc3C(=O)N([C@H](C)CO)C[C@H]2C)cc1. The van der Waals surface area contributed by atoms with E-state index in [0.717, 1.165) is 0 Å². The van der Waals surface area contributed by atoms with Crippen molar-refractivity contribution in [3.05, 3.63) is 78.4 Å². The lowest BCUT2D eigenvalue weighted by Gasteiger charge is -2.38. The number of aliphatic hydroxyl groups is 1. The van der Waals surface area contributed by atoms with Gasteiger partial charge in [-0.2, -0.15) is 4.31 Å². The number of urea groups is 1. The molecule has 1 aliphatic rings. The van der Waals surface area contributed by atoms with Crippen LogP contribution in [0.25, 0.3) is 0 Å².